The Balaban J connectivity index is 1.89. The standard InChI is InChI=1S/C19H19FN2O2/c1-11-2-5-14(19(24)22-10-12-3-4-12)8-16(11)13-6-7-15(18(21)23)17(20)9-13/h2,5-9,12H,3-4,10H2,1H3,(H2,21,23)(H,22,24). The van der Waals surface area contributed by atoms with E-state index < -0.39 is 11.7 Å². The highest BCUT2D eigenvalue weighted by molar-refractivity contribution is 5.96. The van der Waals surface area contributed by atoms with Crippen LogP contribution in [0.5, 0.6) is 0 Å². The first-order valence-electron chi connectivity index (χ1n) is 7.94. The number of nitrogens with two attached hydrogens (primary N) is 1. The van der Waals surface area contributed by atoms with Crippen LogP contribution >= 0.6 is 0 Å². The molecule has 0 bridgehead atoms. The van der Waals surface area contributed by atoms with Gasteiger partial charge < -0.3 is 11.1 Å². The number of aryl methyl sites for hydroxylation is 1. The number of primary amides is 1. The molecule has 1 aliphatic rings. The quantitative estimate of drug-likeness (QED) is 0.886. The lowest BCUT2D eigenvalue weighted by Crippen LogP contribution is -2.25. The van der Waals surface area contributed by atoms with Crippen LogP contribution in [-0.2, 0) is 0 Å². The molecule has 3 N–H and O–H groups in total. The van der Waals surface area contributed by atoms with Gasteiger partial charge in [0.25, 0.3) is 11.8 Å². The molecule has 0 aromatic heterocycles. The minimum atomic E-state index is -0.802. The number of hydrogen-bond donors (Lipinski definition) is 2. The molecule has 1 aliphatic carbocycles. The van der Waals surface area contributed by atoms with Crippen molar-refractivity contribution in [1.29, 1.82) is 0 Å². The Morgan fingerprint density at radius 3 is 2.58 bits per heavy atom. The maximum atomic E-state index is 14.0. The van der Waals surface area contributed by atoms with Crippen molar-refractivity contribution in [3.05, 3.63) is 58.9 Å². The summed E-state index contributed by atoms with van der Waals surface area (Å²) in [5.41, 5.74) is 7.80. The number of hydrogen-bond acceptors (Lipinski definition) is 2. The molecule has 0 spiro atoms. The molecule has 4 nitrogen and oxygen atoms in total. The largest absolute Gasteiger partial charge is 0.366 e. The van der Waals surface area contributed by atoms with Crippen molar-refractivity contribution in [3.63, 3.8) is 0 Å². The van der Waals surface area contributed by atoms with E-state index in [2.05, 4.69) is 5.32 Å². The van der Waals surface area contributed by atoms with Gasteiger partial charge in [-0.1, -0.05) is 12.1 Å². The number of benzene rings is 2. The predicted molar refractivity (Wildman–Crippen MR) is 90.1 cm³/mol. The SMILES string of the molecule is Cc1ccc(C(=O)NCC2CC2)cc1-c1ccc(C(N)=O)c(F)c1. The third-order valence-electron chi connectivity index (χ3n) is 4.29. The fourth-order valence-corrected chi connectivity index (χ4v) is 2.62. The van der Waals surface area contributed by atoms with Crippen LogP contribution in [0.25, 0.3) is 11.1 Å². The van der Waals surface area contributed by atoms with Crippen molar-refractivity contribution in [2.45, 2.75) is 19.8 Å². The summed E-state index contributed by atoms with van der Waals surface area (Å²) < 4.78 is 14.0. The van der Waals surface area contributed by atoms with Crippen LogP contribution in [-0.4, -0.2) is 18.4 Å². The molecule has 0 aliphatic heterocycles. The van der Waals surface area contributed by atoms with Gasteiger partial charge in [-0.25, -0.2) is 4.39 Å². The van der Waals surface area contributed by atoms with Gasteiger partial charge in [0, 0.05) is 12.1 Å². The summed E-state index contributed by atoms with van der Waals surface area (Å²) in [7, 11) is 0. The second kappa shape index (κ2) is 6.43. The third-order valence-corrected chi connectivity index (χ3v) is 4.29. The Morgan fingerprint density at radius 1 is 1.21 bits per heavy atom. The lowest BCUT2D eigenvalue weighted by molar-refractivity contribution is 0.0950. The van der Waals surface area contributed by atoms with Gasteiger partial charge in [-0.2, -0.15) is 0 Å². The molecule has 24 heavy (non-hydrogen) atoms. The average Bonchev–Trinajstić information content (AvgIpc) is 3.37. The first-order valence-corrected chi connectivity index (χ1v) is 7.94. The zero-order valence-electron chi connectivity index (χ0n) is 13.4. The zero-order chi connectivity index (χ0) is 17.3. The Labute approximate surface area is 139 Å². The second-order valence-electron chi connectivity index (χ2n) is 6.24. The van der Waals surface area contributed by atoms with Crippen molar-refractivity contribution in [2.24, 2.45) is 11.7 Å². The van der Waals surface area contributed by atoms with Crippen LogP contribution in [0.3, 0.4) is 0 Å². The van der Waals surface area contributed by atoms with E-state index in [1.165, 1.54) is 25.0 Å². The van der Waals surface area contributed by atoms with Crippen molar-refractivity contribution in [2.75, 3.05) is 6.54 Å². The van der Waals surface area contributed by atoms with Gasteiger partial charge in [0.15, 0.2) is 0 Å². The molecule has 1 fully saturated rings. The van der Waals surface area contributed by atoms with Gasteiger partial charge in [-0.15, -0.1) is 0 Å². The molecular formula is C19H19FN2O2. The van der Waals surface area contributed by atoms with E-state index >= 15 is 0 Å². The van der Waals surface area contributed by atoms with Gasteiger partial charge in [-0.05, 0) is 66.6 Å². The van der Waals surface area contributed by atoms with E-state index in [1.807, 2.05) is 13.0 Å². The van der Waals surface area contributed by atoms with Crippen LogP contribution in [0.4, 0.5) is 4.39 Å². The molecule has 0 heterocycles. The zero-order valence-corrected chi connectivity index (χ0v) is 13.4. The third kappa shape index (κ3) is 3.45. The number of rotatable bonds is 5. The van der Waals surface area contributed by atoms with E-state index in [1.54, 1.807) is 18.2 Å². The molecule has 0 radical (unpaired) electrons. The smallest absolute Gasteiger partial charge is 0.251 e. The average molecular weight is 326 g/mol. The van der Waals surface area contributed by atoms with Gasteiger partial charge >= 0.3 is 0 Å². The van der Waals surface area contributed by atoms with E-state index in [0.717, 1.165) is 11.1 Å². The molecule has 5 heteroatoms. The molecule has 124 valence electrons. The van der Waals surface area contributed by atoms with Crippen LogP contribution < -0.4 is 11.1 Å². The summed E-state index contributed by atoms with van der Waals surface area (Å²) in [6, 6.07) is 9.62. The first-order chi connectivity index (χ1) is 11.5. The van der Waals surface area contributed by atoms with E-state index in [4.69, 9.17) is 5.73 Å². The highest BCUT2D eigenvalue weighted by Crippen LogP contribution is 2.28. The lowest BCUT2D eigenvalue weighted by Gasteiger charge is -2.11. The predicted octanol–water partition coefficient (Wildman–Crippen LogP) is 3.04. The summed E-state index contributed by atoms with van der Waals surface area (Å²) in [6.07, 6.45) is 2.34. The lowest BCUT2D eigenvalue weighted by atomic mass is 9.96. The van der Waals surface area contributed by atoms with E-state index in [-0.39, 0.29) is 11.5 Å². The van der Waals surface area contributed by atoms with Gasteiger partial charge in [0.1, 0.15) is 5.82 Å². The minimum absolute atomic E-state index is 0.127. The topological polar surface area (TPSA) is 72.2 Å². The normalized spacial score (nSPS) is 13.6. The Bertz CT molecular complexity index is 813. The number of nitrogens with one attached hydrogen (secondary N) is 1. The summed E-state index contributed by atoms with van der Waals surface area (Å²) in [4.78, 5) is 23.4. The van der Waals surface area contributed by atoms with Crippen molar-refractivity contribution >= 4 is 11.8 Å². The molecule has 0 atom stereocenters. The van der Waals surface area contributed by atoms with Crippen molar-refractivity contribution in [3.8, 4) is 11.1 Å². The summed E-state index contributed by atoms with van der Waals surface area (Å²) >= 11 is 0. The molecule has 1 saturated carbocycles. The van der Waals surface area contributed by atoms with Crippen LogP contribution in [0.15, 0.2) is 36.4 Å². The summed E-state index contributed by atoms with van der Waals surface area (Å²) in [5, 5.41) is 2.92. The number of halogens is 1. The van der Waals surface area contributed by atoms with Gasteiger partial charge in [-0.3, -0.25) is 9.59 Å². The number of carbonyl (C=O) groups excluding carboxylic acids is 2. The number of carbonyl (C=O) groups is 2. The van der Waals surface area contributed by atoms with Crippen molar-refractivity contribution < 1.29 is 14.0 Å². The molecule has 3 rings (SSSR count). The maximum Gasteiger partial charge on any atom is 0.251 e. The molecular weight excluding hydrogens is 307 g/mol. The Kier molecular flexibility index (Phi) is 4.34. The molecule has 2 aromatic rings. The Morgan fingerprint density at radius 2 is 1.96 bits per heavy atom. The van der Waals surface area contributed by atoms with Crippen molar-refractivity contribution in [1.82, 2.24) is 5.32 Å². The van der Waals surface area contributed by atoms with E-state index in [0.29, 0.717) is 23.6 Å². The molecule has 2 aromatic carbocycles. The van der Waals surface area contributed by atoms with Crippen LogP contribution in [0, 0.1) is 18.7 Å². The van der Waals surface area contributed by atoms with Gasteiger partial charge in [0.05, 0.1) is 5.56 Å². The molecule has 0 unspecified atom stereocenters. The Hall–Kier alpha value is -2.69. The van der Waals surface area contributed by atoms with Crippen LogP contribution in [0.2, 0.25) is 0 Å². The summed E-state index contributed by atoms with van der Waals surface area (Å²) in [5.74, 6) is -0.987. The first kappa shape index (κ1) is 16.2. The number of amides is 2. The highest BCUT2D eigenvalue weighted by atomic mass is 19.1. The highest BCUT2D eigenvalue weighted by Gasteiger charge is 2.22. The monoisotopic (exact) mass is 326 g/mol. The van der Waals surface area contributed by atoms with Crippen LogP contribution in [0.1, 0.15) is 39.1 Å². The minimum Gasteiger partial charge on any atom is -0.366 e. The molecule has 0 saturated heterocycles. The summed E-state index contributed by atoms with van der Waals surface area (Å²) in [6.45, 7) is 2.59. The van der Waals surface area contributed by atoms with E-state index in [9.17, 15) is 14.0 Å². The molecule has 2 amide bonds. The fraction of sp³-hybridized carbons (Fsp3) is 0.263. The maximum absolute atomic E-state index is 14.0. The van der Waals surface area contributed by atoms with Gasteiger partial charge in [0.2, 0.25) is 0 Å². The fourth-order valence-electron chi connectivity index (χ4n) is 2.62. The second-order valence-corrected chi connectivity index (χ2v) is 6.24.